The highest BCUT2D eigenvalue weighted by atomic mass is 27.2. The number of aromatic amines is 1. The van der Waals surface area contributed by atoms with Gasteiger partial charge >= 0.3 is 28.3 Å². The van der Waals surface area contributed by atoms with Gasteiger partial charge in [-0.1, -0.05) is 65.9 Å². The predicted molar refractivity (Wildman–Crippen MR) is 234 cm³/mol. The minimum Gasteiger partial charge on any atom is -0.257 e. The first-order valence-electron chi connectivity index (χ1n) is 21.9. The standard InChI is InChI=1S/C14H11N3.6C6F5.2Al/c1-3-7-11(8-4-1)13-14(16-17-15-13)12-9-5-2-6-10-12;6*7-2-1-3(8)5(10)6(11)4(2)9;;/h1-10H,(H,15,16,17);;;;;;;;. The fourth-order valence-electron chi connectivity index (χ4n) is 7.95. The number of aromatic nitrogens is 3. The summed E-state index contributed by atoms with van der Waals surface area (Å²) in [5, 5.41) is 11.0. The van der Waals surface area contributed by atoms with Crippen LogP contribution < -0.4 is 26.6 Å². The second kappa shape index (κ2) is 24.8. The van der Waals surface area contributed by atoms with Gasteiger partial charge in [-0.15, -0.1) is 5.10 Å². The summed E-state index contributed by atoms with van der Waals surface area (Å²) in [5.74, 6) is -89.2. The third-order valence-corrected chi connectivity index (χ3v) is 18.4. The third-order valence-electron chi connectivity index (χ3n) is 11.9. The van der Waals surface area contributed by atoms with Gasteiger partial charge < -0.3 is 0 Å². The maximum Gasteiger partial charge on any atom is 0.413 e. The van der Waals surface area contributed by atoms with Crippen LogP contribution in [0.15, 0.2) is 60.7 Å². The zero-order valence-electron chi connectivity index (χ0n) is 39.7. The molecular weight excluding hydrogens is 1270 g/mol. The van der Waals surface area contributed by atoms with E-state index in [-0.39, 0.29) is 0 Å². The fraction of sp³-hybridized carbons (Fsp3) is 0. The summed E-state index contributed by atoms with van der Waals surface area (Å²) in [7, 11) is 0. The van der Waals surface area contributed by atoms with Crippen LogP contribution in [0.1, 0.15) is 0 Å². The number of hydrogen-bond acceptors (Lipinski definition) is 2. The molecule has 3 nitrogen and oxygen atoms in total. The first-order chi connectivity index (χ1) is 39.8. The van der Waals surface area contributed by atoms with E-state index in [1.807, 2.05) is 60.7 Å². The Morgan fingerprint density at radius 1 is 0.212 bits per heavy atom. The number of benzene rings is 8. The largest absolute Gasteiger partial charge is 0.413 e. The van der Waals surface area contributed by atoms with Crippen LogP contribution in [0, 0.1) is 175 Å². The lowest BCUT2D eigenvalue weighted by Gasteiger charge is -2.20. The maximum absolute atomic E-state index is 14.4. The van der Waals surface area contributed by atoms with Gasteiger partial charge in [-0.25, -0.2) is 132 Å². The van der Waals surface area contributed by atoms with Crippen molar-refractivity contribution < 1.29 is 132 Å². The third kappa shape index (κ3) is 11.0. The van der Waals surface area contributed by atoms with Crippen molar-refractivity contribution in [2.24, 2.45) is 0 Å². The fourth-order valence-corrected chi connectivity index (χ4v) is 14.2. The lowest BCUT2D eigenvalue weighted by atomic mass is 10.1. The number of rotatable bonds is 8. The molecule has 1 heterocycles. The summed E-state index contributed by atoms with van der Waals surface area (Å²) >= 11 is -11.9. The number of nitrogens with zero attached hydrogens (tertiary/aromatic N) is 2. The monoisotopic (exact) mass is 1280 g/mol. The molecule has 1 aromatic heterocycles. The van der Waals surface area contributed by atoms with Gasteiger partial charge in [0.25, 0.3) is 0 Å². The number of H-pyrrole nitrogens is 1. The van der Waals surface area contributed by atoms with Crippen LogP contribution in [-0.4, -0.2) is 43.7 Å². The van der Waals surface area contributed by atoms with Crippen LogP contribution in [0.5, 0.6) is 0 Å². The Balaban J connectivity index is 0.000000192. The molecule has 85 heavy (non-hydrogen) atoms. The molecule has 442 valence electrons. The van der Waals surface area contributed by atoms with Crippen LogP contribution in [-0.2, 0) is 0 Å². The van der Waals surface area contributed by atoms with Crippen LogP contribution in [0.4, 0.5) is 132 Å². The Bertz CT molecular complexity index is 3400. The maximum atomic E-state index is 14.4. The van der Waals surface area contributed by atoms with Gasteiger partial charge in [-0.3, -0.25) is 5.10 Å². The van der Waals surface area contributed by atoms with E-state index in [1.165, 1.54) is 0 Å². The summed E-state index contributed by atoms with van der Waals surface area (Å²) < 4.78 is 403. The van der Waals surface area contributed by atoms with Crippen molar-refractivity contribution in [2.75, 3.05) is 0 Å². The molecule has 9 aromatic rings. The molecule has 0 aliphatic heterocycles. The van der Waals surface area contributed by atoms with E-state index in [0.29, 0.717) is 0 Å². The van der Waals surface area contributed by atoms with E-state index in [4.69, 9.17) is 0 Å². The summed E-state index contributed by atoms with van der Waals surface area (Å²) in [6.45, 7) is 0. The molecule has 0 saturated heterocycles. The summed E-state index contributed by atoms with van der Waals surface area (Å²) in [6, 6.07) is 20.1. The zero-order chi connectivity index (χ0) is 63.4. The Morgan fingerprint density at radius 3 is 0.565 bits per heavy atom. The van der Waals surface area contributed by atoms with Gasteiger partial charge in [-0.2, -0.15) is 0 Å². The summed E-state index contributed by atoms with van der Waals surface area (Å²) in [4.78, 5) is 0. The molecule has 0 saturated carbocycles. The normalized spacial score (nSPS) is 11.2. The van der Waals surface area contributed by atoms with E-state index in [0.717, 1.165) is 22.5 Å². The second-order valence-electron chi connectivity index (χ2n) is 16.5. The SMILES string of the molecule is Fc1c(F)c(F)[c]([Al]([c]2c(F)c(F)c(F)c(F)c2F)[c]2c(F)c(F)c(F)c(F)c2F)c(F)c1F.Fc1c(F)c(F)[c]([Al]([c]2c(F)c(F)c(F)c(F)c2F)[c]2c(F)c(F)c(F)c(F)c2F)c(F)c1F.c1ccc(-c2nn[nH]c2-c2ccccc2)cc1. The minimum absolute atomic E-state index is 0.886. The Kier molecular flexibility index (Phi) is 18.8. The smallest absolute Gasteiger partial charge is 0.257 e. The topological polar surface area (TPSA) is 41.6 Å². The molecule has 0 aliphatic rings. The van der Waals surface area contributed by atoms with Crippen LogP contribution in [0.25, 0.3) is 22.5 Å². The molecule has 0 bridgehead atoms. The molecule has 0 unspecified atom stereocenters. The second-order valence-corrected chi connectivity index (χ2v) is 21.7. The Labute approximate surface area is 458 Å². The van der Waals surface area contributed by atoms with E-state index < -0.39 is 229 Å². The van der Waals surface area contributed by atoms with Gasteiger partial charge in [-0.05, 0) is 26.6 Å². The van der Waals surface area contributed by atoms with E-state index >= 15 is 0 Å². The van der Waals surface area contributed by atoms with Gasteiger partial charge in [0, 0.05) is 11.1 Å². The molecule has 8 aromatic carbocycles. The summed E-state index contributed by atoms with van der Waals surface area (Å²) in [5.41, 5.74) is 4.00. The van der Waals surface area contributed by atoms with Gasteiger partial charge in [0.15, 0.2) is 175 Å². The van der Waals surface area contributed by atoms with Crippen LogP contribution in [0.2, 0.25) is 0 Å². The minimum atomic E-state index is -5.96. The highest BCUT2D eigenvalue weighted by Crippen LogP contribution is 2.29. The average Bonchev–Trinajstić information content (AvgIpc) is 1.54. The predicted octanol–water partition coefficient (Wildman–Crippen LogP) is 11.7. The Hall–Kier alpha value is -8.14. The molecular formula is C50H11Al2F30N3. The highest BCUT2D eigenvalue weighted by Gasteiger charge is 2.49. The molecule has 0 spiro atoms. The van der Waals surface area contributed by atoms with Crippen molar-refractivity contribution >= 4 is 54.8 Å². The molecule has 35 heteroatoms. The lowest BCUT2D eigenvalue weighted by molar-refractivity contribution is 0.380. The van der Waals surface area contributed by atoms with Crippen LogP contribution in [0.3, 0.4) is 0 Å². The van der Waals surface area contributed by atoms with E-state index in [1.54, 1.807) is 0 Å². The summed E-state index contributed by atoms with van der Waals surface area (Å²) in [6.07, 6.45) is 0. The molecule has 1 N–H and O–H groups in total. The number of halogens is 30. The first-order valence-corrected chi connectivity index (χ1v) is 25.3. The zero-order valence-corrected chi connectivity index (χ0v) is 42.0. The van der Waals surface area contributed by atoms with E-state index in [2.05, 4.69) is 15.4 Å². The van der Waals surface area contributed by atoms with Crippen molar-refractivity contribution in [1.29, 1.82) is 0 Å². The van der Waals surface area contributed by atoms with Crippen molar-refractivity contribution in [1.82, 2.24) is 15.4 Å². The Morgan fingerprint density at radius 2 is 0.376 bits per heavy atom. The first kappa shape index (κ1) is 64.4. The molecule has 0 radical (unpaired) electrons. The van der Waals surface area contributed by atoms with Gasteiger partial charge in [0.05, 0.1) is 5.69 Å². The molecule has 0 amide bonds. The molecule has 0 atom stereocenters. The average molecular weight is 1280 g/mol. The molecule has 0 aliphatic carbocycles. The van der Waals surface area contributed by atoms with Crippen molar-refractivity contribution in [3.8, 4) is 22.5 Å². The number of nitrogens with one attached hydrogen (secondary N) is 1. The van der Waals surface area contributed by atoms with Crippen molar-refractivity contribution in [3.05, 3.63) is 235 Å². The van der Waals surface area contributed by atoms with Crippen molar-refractivity contribution in [2.45, 2.75) is 0 Å². The molecule has 9 rings (SSSR count). The number of hydrogen-bond donors (Lipinski definition) is 1. The quantitative estimate of drug-likeness (QED) is 0.0713. The van der Waals surface area contributed by atoms with Gasteiger partial charge in [0.1, 0.15) is 5.69 Å². The van der Waals surface area contributed by atoms with Gasteiger partial charge in [0.2, 0.25) is 0 Å². The van der Waals surface area contributed by atoms with Crippen molar-refractivity contribution in [3.63, 3.8) is 0 Å². The van der Waals surface area contributed by atoms with Crippen LogP contribution >= 0.6 is 0 Å². The lowest BCUT2D eigenvalue weighted by Crippen LogP contribution is -2.60. The molecule has 0 fully saturated rings. The highest BCUT2D eigenvalue weighted by molar-refractivity contribution is 6.96. The van der Waals surface area contributed by atoms with E-state index in [9.17, 15) is 132 Å².